The number of carbonyl (C=O) groups excluding carboxylic acids is 1. The van der Waals surface area contributed by atoms with Gasteiger partial charge in [-0.25, -0.2) is 0 Å². The van der Waals surface area contributed by atoms with Crippen molar-refractivity contribution in [1.82, 2.24) is 4.90 Å². The zero-order valence-corrected chi connectivity index (χ0v) is 13.7. The molecule has 3 nitrogen and oxygen atoms in total. The lowest BCUT2D eigenvalue weighted by Gasteiger charge is -2.28. The third-order valence-electron chi connectivity index (χ3n) is 3.55. The molecular formula is C17H28N2O. The molecule has 1 unspecified atom stereocenters. The third kappa shape index (κ3) is 3.99. The van der Waals surface area contributed by atoms with Crippen LogP contribution in [-0.4, -0.2) is 29.9 Å². The number of hydrogen-bond acceptors (Lipinski definition) is 2. The molecule has 0 aromatic heterocycles. The normalized spacial score (nSPS) is 12.9. The van der Waals surface area contributed by atoms with E-state index in [9.17, 15) is 4.79 Å². The molecule has 3 heteroatoms. The molecule has 0 aliphatic rings. The van der Waals surface area contributed by atoms with Gasteiger partial charge in [-0.05, 0) is 37.8 Å². The summed E-state index contributed by atoms with van der Waals surface area (Å²) in [6.07, 6.45) is 0. The highest BCUT2D eigenvalue weighted by molar-refractivity contribution is 5.84. The molecule has 1 amide bonds. The number of nitrogens with zero attached hydrogens (tertiary/aromatic N) is 1. The third-order valence-corrected chi connectivity index (χ3v) is 3.55. The maximum absolute atomic E-state index is 12.3. The Bertz CT molecular complexity index is 445. The molecule has 0 aliphatic carbocycles. The van der Waals surface area contributed by atoms with Crippen LogP contribution < -0.4 is 5.32 Å². The lowest BCUT2D eigenvalue weighted by atomic mass is 9.85. The minimum absolute atomic E-state index is 0.0571. The largest absolute Gasteiger partial charge is 0.374 e. The highest BCUT2D eigenvalue weighted by Gasteiger charge is 2.22. The number of amides is 1. The van der Waals surface area contributed by atoms with Gasteiger partial charge in [0.15, 0.2) is 0 Å². The van der Waals surface area contributed by atoms with Crippen molar-refractivity contribution >= 4 is 11.6 Å². The average Bonchev–Trinajstić information content (AvgIpc) is 2.39. The fraction of sp³-hybridized carbons (Fsp3) is 0.588. The fourth-order valence-corrected chi connectivity index (χ4v) is 2.37. The number of para-hydroxylation sites is 1. The quantitative estimate of drug-likeness (QED) is 0.890. The summed E-state index contributed by atoms with van der Waals surface area (Å²) >= 11 is 0. The summed E-state index contributed by atoms with van der Waals surface area (Å²) in [6, 6.07) is 8.01. The zero-order valence-electron chi connectivity index (χ0n) is 13.7. The van der Waals surface area contributed by atoms with E-state index in [1.165, 1.54) is 5.56 Å². The van der Waals surface area contributed by atoms with Crippen LogP contribution in [0.2, 0.25) is 0 Å². The summed E-state index contributed by atoms with van der Waals surface area (Å²) in [5, 5.41) is 3.37. The van der Waals surface area contributed by atoms with Gasteiger partial charge in [0, 0.05) is 18.8 Å². The van der Waals surface area contributed by atoms with Gasteiger partial charge < -0.3 is 10.2 Å². The Hall–Kier alpha value is -1.51. The van der Waals surface area contributed by atoms with E-state index in [4.69, 9.17) is 0 Å². The van der Waals surface area contributed by atoms with Crippen molar-refractivity contribution in [2.75, 3.05) is 18.4 Å². The van der Waals surface area contributed by atoms with E-state index >= 15 is 0 Å². The summed E-state index contributed by atoms with van der Waals surface area (Å²) in [6.45, 7) is 14.0. The first-order chi connectivity index (χ1) is 9.31. The minimum Gasteiger partial charge on any atom is -0.374 e. The van der Waals surface area contributed by atoms with Gasteiger partial charge in [0.05, 0.1) is 0 Å². The SMILES string of the molecule is CCN(CC)C(=O)C(C)Nc1ccccc1C(C)(C)C. The molecule has 0 spiro atoms. The van der Waals surface area contributed by atoms with Crippen molar-refractivity contribution in [2.45, 2.75) is 53.0 Å². The lowest BCUT2D eigenvalue weighted by Crippen LogP contribution is -2.41. The smallest absolute Gasteiger partial charge is 0.244 e. The average molecular weight is 276 g/mol. The van der Waals surface area contributed by atoms with Crippen molar-refractivity contribution in [3.63, 3.8) is 0 Å². The van der Waals surface area contributed by atoms with Crippen LogP contribution >= 0.6 is 0 Å². The van der Waals surface area contributed by atoms with Crippen LogP contribution in [0.5, 0.6) is 0 Å². The van der Waals surface area contributed by atoms with E-state index in [0.29, 0.717) is 0 Å². The Labute approximate surface area is 123 Å². The number of rotatable bonds is 5. The first-order valence-electron chi connectivity index (χ1n) is 7.46. The summed E-state index contributed by atoms with van der Waals surface area (Å²) in [4.78, 5) is 14.2. The van der Waals surface area contributed by atoms with Crippen LogP contribution in [0.15, 0.2) is 24.3 Å². The highest BCUT2D eigenvalue weighted by Crippen LogP contribution is 2.29. The van der Waals surface area contributed by atoms with Crippen LogP contribution in [0.4, 0.5) is 5.69 Å². The molecule has 20 heavy (non-hydrogen) atoms. The molecule has 112 valence electrons. The first-order valence-corrected chi connectivity index (χ1v) is 7.46. The minimum atomic E-state index is -0.210. The topological polar surface area (TPSA) is 32.3 Å². The second-order valence-corrected chi connectivity index (χ2v) is 6.17. The van der Waals surface area contributed by atoms with Crippen LogP contribution in [0.25, 0.3) is 0 Å². The fourth-order valence-electron chi connectivity index (χ4n) is 2.37. The Balaban J connectivity index is 2.91. The van der Waals surface area contributed by atoms with E-state index in [1.807, 2.05) is 43.9 Å². The highest BCUT2D eigenvalue weighted by atomic mass is 16.2. The first kappa shape index (κ1) is 16.5. The Morgan fingerprint density at radius 2 is 1.75 bits per heavy atom. The van der Waals surface area contributed by atoms with Crippen molar-refractivity contribution in [1.29, 1.82) is 0 Å². The number of anilines is 1. The van der Waals surface area contributed by atoms with Crippen LogP contribution in [-0.2, 0) is 10.2 Å². The standard InChI is InChI=1S/C17H28N2O/c1-7-19(8-2)16(20)13(3)18-15-12-10-9-11-14(15)17(4,5)6/h9-13,18H,7-8H2,1-6H3. The van der Waals surface area contributed by atoms with Crippen molar-refractivity contribution in [2.24, 2.45) is 0 Å². The van der Waals surface area contributed by atoms with Gasteiger partial charge in [0.25, 0.3) is 0 Å². The molecule has 0 saturated heterocycles. The van der Waals surface area contributed by atoms with E-state index in [2.05, 4.69) is 32.2 Å². The monoisotopic (exact) mass is 276 g/mol. The number of nitrogens with one attached hydrogen (secondary N) is 1. The predicted molar refractivity (Wildman–Crippen MR) is 86.2 cm³/mol. The van der Waals surface area contributed by atoms with Gasteiger partial charge in [0.1, 0.15) is 6.04 Å². The molecule has 0 heterocycles. The maximum Gasteiger partial charge on any atom is 0.244 e. The molecule has 0 aliphatic heterocycles. The van der Waals surface area contributed by atoms with Gasteiger partial charge in [-0.15, -0.1) is 0 Å². The summed E-state index contributed by atoms with van der Waals surface area (Å²) in [7, 11) is 0. The lowest BCUT2D eigenvalue weighted by molar-refractivity contribution is -0.131. The van der Waals surface area contributed by atoms with Crippen molar-refractivity contribution in [3.8, 4) is 0 Å². The van der Waals surface area contributed by atoms with Gasteiger partial charge >= 0.3 is 0 Å². The second-order valence-electron chi connectivity index (χ2n) is 6.17. The van der Waals surface area contributed by atoms with E-state index in [1.54, 1.807) is 0 Å². The van der Waals surface area contributed by atoms with Gasteiger partial charge in [-0.2, -0.15) is 0 Å². The Morgan fingerprint density at radius 3 is 2.25 bits per heavy atom. The Morgan fingerprint density at radius 1 is 1.20 bits per heavy atom. The van der Waals surface area contributed by atoms with E-state index < -0.39 is 0 Å². The summed E-state index contributed by atoms with van der Waals surface area (Å²) < 4.78 is 0. The molecule has 0 radical (unpaired) electrons. The molecular weight excluding hydrogens is 248 g/mol. The van der Waals surface area contributed by atoms with Crippen molar-refractivity contribution in [3.05, 3.63) is 29.8 Å². The van der Waals surface area contributed by atoms with Gasteiger partial charge in [0.2, 0.25) is 5.91 Å². The van der Waals surface area contributed by atoms with Crippen LogP contribution in [0, 0.1) is 0 Å². The molecule has 1 aromatic rings. The zero-order chi connectivity index (χ0) is 15.3. The second kappa shape index (κ2) is 6.78. The van der Waals surface area contributed by atoms with Crippen LogP contribution in [0.3, 0.4) is 0 Å². The molecule has 1 atom stereocenters. The number of likely N-dealkylation sites (N-methyl/N-ethyl adjacent to an activating group) is 1. The molecule has 0 bridgehead atoms. The predicted octanol–water partition coefficient (Wildman–Crippen LogP) is 3.65. The van der Waals surface area contributed by atoms with Crippen LogP contribution in [0.1, 0.15) is 47.1 Å². The number of benzene rings is 1. The van der Waals surface area contributed by atoms with Gasteiger partial charge in [-0.1, -0.05) is 39.0 Å². The molecule has 1 rings (SSSR count). The van der Waals surface area contributed by atoms with Gasteiger partial charge in [-0.3, -0.25) is 4.79 Å². The number of carbonyl (C=O) groups is 1. The molecule has 1 aromatic carbocycles. The Kier molecular flexibility index (Phi) is 5.61. The summed E-state index contributed by atoms with van der Waals surface area (Å²) in [5.41, 5.74) is 2.34. The number of hydrogen-bond donors (Lipinski definition) is 1. The van der Waals surface area contributed by atoms with E-state index in [-0.39, 0.29) is 17.4 Å². The molecule has 0 saturated carbocycles. The van der Waals surface area contributed by atoms with Crippen molar-refractivity contribution < 1.29 is 4.79 Å². The van der Waals surface area contributed by atoms with E-state index in [0.717, 1.165) is 18.8 Å². The summed E-state index contributed by atoms with van der Waals surface area (Å²) in [5.74, 6) is 0.152. The maximum atomic E-state index is 12.3. The molecule has 0 fully saturated rings. The molecule has 1 N–H and O–H groups in total.